The Bertz CT molecular complexity index is 570. The van der Waals surface area contributed by atoms with Crippen molar-refractivity contribution in [3.05, 3.63) is 29.8 Å². The van der Waals surface area contributed by atoms with Gasteiger partial charge in [-0.25, -0.2) is 0 Å². The van der Waals surface area contributed by atoms with Crippen LogP contribution < -0.4 is 10.6 Å². The van der Waals surface area contributed by atoms with Gasteiger partial charge in [0.15, 0.2) is 0 Å². The third kappa shape index (κ3) is 4.81. The maximum Gasteiger partial charge on any atom is 0.228 e. The van der Waals surface area contributed by atoms with Gasteiger partial charge in [-0.15, -0.1) is 0 Å². The first kappa shape index (κ1) is 17.5. The molecule has 1 aromatic rings. The summed E-state index contributed by atoms with van der Waals surface area (Å²) in [4.78, 5) is 24.2. The van der Waals surface area contributed by atoms with E-state index in [1.54, 1.807) is 0 Å². The average Bonchev–Trinajstić information content (AvgIpc) is 3.25. The first-order valence-corrected chi connectivity index (χ1v) is 8.37. The molecule has 4 nitrogen and oxygen atoms in total. The Hall–Kier alpha value is -1.84. The van der Waals surface area contributed by atoms with E-state index in [0.29, 0.717) is 18.9 Å². The Balaban J connectivity index is 1.85. The number of carbonyl (C=O) groups is 2. The normalized spacial score (nSPS) is 20.3. The van der Waals surface area contributed by atoms with E-state index in [2.05, 4.69) is 45.3 Å². The van der Waals surface area contributed by atoms with Gasteiger partial charge in [0.1, 0.15) is 0 Å². The maximum atomic E-state index is 12.2. The smallest absolute Gasteiger partial charge is 0.228 e. The summed E-state index contributed by atoms with van der Waals surface area (Å²) in [5.74, 6) is 0.0125. The van der Waals surface area contributed by atoms with Crippen molar-refractivity contribution in [1.82, 2.24) is 5.32 Å². The van der Waals surface area contributed by atoms with Crippen molar-refractivity contribution in [3.63, 3.8) is 0 Å². The zero-order chi connectivity index (χ0) is 17.2. The molecule has 0 aliphatic heterocycles. The summed E-state index contributed by atoms with van der Waals surface area (Å²) < 4.78 is 0. The summed E-state index contributed by atoms with van der Waals surface area (Å²) in [6.07, 6.45) is 0.649. The van der Waals surface area contributed by atoms with Crippen LogP contribution in [-0.4, -0.2) is 18.4 Å². The Morgan fingerprint density at radius 2 is 1.65 bits per heavy atom. The molecule has 2 N–H and O–H groups in total. The van der Waals surface area contributed by atoms with Crippen LogP contribution in [0.4, 0.5) is 5.69 Å². The van der Waals surface area contributed by atoms with Gasteiger partial charge in [-0.2, -0.15) is 0 Å². The number of hydrogen-bond donors (Lipinski definition) is 2. The number of anilines is 1. The molecule has 0 aromatic heterocycles. The molecule has 1 saturated carbocycles. The number of rotatable bonds is 5. The van der Waals surface area contributed by atoms with Gasteiger partial charge in [-0.05, 0) is 35.4 Å². The van der Waals surface area contributed by atoms with E-state index in [1.807, 2.05) is 24.3 Å². The standard InChI is InChI=1S/C19H28N2O2/c1-12(2)11-20-17(22)15-10-16(15)18(23)21-14-8-6-13(7-9-14)19(3,4)5/h6-9,12,15-16H,10-11H2,1-5H3,(H,20,22)(H,21,23). The molecular weight excluding hydrogens is 288 g/mol. The number of carbonyl (C=O) groups excluding carboxylic acids is 2. The zero-order valence-electron chi connectivity index (χ0n) is 14.8. The minimum absolute atomic E-state index is 0.00179. The minimum Gasteiger partial charge on any atom is -0.356 e. The van der Waals surface area contributed by atoms with Crippen molar-refractivity contribution in [1.29, 1.82) is 0 Å². The molecule has 23 heavy (non-hydrogen) atoms. The highest BCUT2D eigenvalue weighted by molar-refractivity contribution is 5.99. The Kier molecular flexibility index (Phi) is 5.12. The molecule has 1 fully saturated rings. The molecule has 1 aliphatic rings. The fourth-order valence-electron chi connectivity index (χ4n) is 2.50. The van der Waals surface area contributed by atoms with Crippen LogP contribution in [0.5, 0.6) is 0 Å². The lowest BCUT2D eigenvalue weighted by Gasteiger charge is -2.19. The predicted octanol–water partition coefficient (Wildman–Crippen LogP) is 3.33. The molecule has 0 bridgehead atoms. The van der Waals surface area contributed by atoms with E-state index in [0.717, 1.165) is 5.69 Å². The van der Waals surface area contributed by atoms with Gasteiger partial charge in [0.25, 0.3) is 0 Å². The van der Waals surface area contributed by atoms with Crippen LogP contribution in [0.3, 0.4) is 0 Å². The highest BCUT2D eigenvalue weighted by atomic mass is 16.2. The topological polar surface area (TPSA) is 58.2 Å². The van der Waals surface area contributed by atoms with Crippen molar-refractivity contribution in [2.45, 2.75) is 46.5 Å². The van der Waals surface area contributed by atoms with Crippen molar-refractivity contribution in [3.8, 4) is 0 Å². The zero-order valence-corrected chi connectivity index (χ0v) is 14.8. The number of hydrogen-bond acceptors (Lipinski definition) is 2. The maximum absolute atomic E-state index is 12.2. The Morgan fingerprint density at radius 1 is 1.09 bits per heavy atom. The van der Waals surface area contributed by atoms with Crippen molar-refractivity contribution in [2.75, 3.05) is 11.9 Å². The lowest BCUT2D eigenvalue weighted by molar-refractivity contribution is -0.125. The van der Waals surface area contributed by atoms with Gasteiger partial charge < -0.3 is 10.6 Å². The second kappa shape index (κ2) is 6.73. The fraction of sp³-hybridized carbons (Fsp3) is 0.579. The Labute approximate surface area is 139 Å². The van der Waals surface area contributed by atoms with Crippen LogP contribution in [0.1, 0.15) is 46.6 Å². The molecule has 0 spiro atoms. The van der Waals surface area contributed by atoms with Gasteiger partial charge in [-0.1, -0.05) is 46.8 Å². The van der Waals surface area contributed by atoms with E-state index in [4.69, 9.17) is 0 Å². The van der Waals surface area contributed by atoms with Crippen molar-refractivity contribution in [2.24, 2.45) is 17.8 Å². The van der Waals surface area contributed by atoms with Gasteiger partial charge >= 0.3 is 0 Å². The average molecular weight is 316 g/mol. The van der Waals surface area contributed by atoms with Crippen molar-refractivity contribution >= 4 is 17.5 Å². The fourth-order valence-corrected chi connectivity index (χ4v) is 2.50. The lowest BCUT2D eigenvalue weighted by Crippen LogP contribution is -2.30. The molecule has 2 atom stereocenters. The first-order valence-electron chi connectivity index (χ1n) is 8.37. The van der Waals surface area contributed by atoms with Gasteiger partial charge in [0, 0.05) is 12.2 Å². The van der Waals surface area contributed by atoms with Crippen molar-refractivity contribution < 1.29 is 9.59 Å². The summed E-state index contributed by atoms with van der Waals surface area (Å²) in [6, 6.07) is 7.92. The van der Waals surface area contributed by atoms with Crippen LogP contribution in [0, 0.1) is 17.8 Å². The van der Waals surface area contributed by atoms with Crippen LogP contribution in [0.15, 0.2) is 24.3 Å². The molecule has 2 rings (SSSR count). The number of benzene rings is 1. The molecule has 2 amide bonds. The van der Waals surface area contributed by atoms with E-state index < -0.39 is 0 Å². The van der Waals surface area contributed by atoms with Gasteiger partial charge in [0.05, 0.1) is 11.8 Å². The quantitative estimate of drug-likeness (QED) is 0.875. The van der Waals surface area contributed by atoms with E-state index in [-0.39, 0.29) is 29.1 Å². The molecule has 2 unspecified atom stereocenters. The van der Waals surface area contributed by atoms with Crippen LogP contribution in [-0.2, 0) is 15.0 Å². The molecule has 0 heterocycles. The largest absolute Gasteiger partial charge is 0.356 e. The molecule has 126 valence electrons. The Morgan fingerprint density at radius 3 is 2.17 bits per heavy atom. The molecule has 4 heteroatoms. The summed E-state index contributed by atoms with van der Waals surface area (Å²) in [7, 11) is 0. The first-order chi connectivity index (χ1) is 10.7. The summed E-state index contributed by atoms with van der Waals surface area (Å²) >= 11 is 0. The third-order valence-corrected chi connectivity index (χ3v) is 4.17. The van der Waals surface area contributed by atoms with Gasteiger partial charge in [-0.3, -0.25) is 9.59 Å². The second-order valence-corrected chi connectivity index (χ2v) is 7.90. The number of amides is 2. The summed E-state index contributed by atoms with van der Waals surface area (Å²) in [5.41, 5.74) is 2.11. The van der Waals surface area contributed by atoms with E-state index >= 15 is 0 Å². The monoisotopic (exact) mass is 316 g/mol. The molecule has 1 aromatic carbocycles. The number of nitrogens with one attached hydrogen (secondary N) is 2. The summed E-state index contributed by atoms with van der Waals surface area (Å²) in [6.45, 7) is 11.2. The molecule has 0 radical (unpaired) electrons. The van der Waals surface area contributed by atoms with Crippen LogP contribution in [0.2, 0.25) is 0 Å². The van der Waals surface area contributed by atoms with E-state index in [9.17, 15) is 9.59 Å². The molecular formula is C19H28N2O2. The lowest BCUT2D eigenvalue weighted by atomic mass is 9.87. The molecule has 1 aliphatic carbocycles. The highest BCUT2D eigenvalue weighted by Crippen LogP contribution is 2.39. The predicted molar refractivity (Wildman–Crippen MR) is 93.2 cm³/mol. The van der Waals surface area contributed by atoms with E-state index in [1.165, 1.54) is 5.56 Å². The minimum atomic E-state index is -0.190. The third-order valence-electron chi connectivity index (χ3n) is 4.17. The summed E-state index contributed by atoms with van der Waals surface area (Å²) in [5, 5.41) is 5.81. The van der Waals surface area contributed by atoms with Crippen LogP contribution in [0.25, 0.3) is 0 Å². The van der Waals surface area contributed by atoms with Gasteiger partial charge in [0.2, 0.25) is 11.8 Å². The highest BCUT2D eigenvalue weighted by Gasteiger charge is 2.47. The second-order valence-electron chi connectivity index (χ2n) is 7.90. The van der Waals surface area contributed by atoms with Crippen LogP contribution >= 0.6 is 0 Å². The molecule has 0 saturated heterocycles. The SMILES string of the molecule is CC(C)CNC(=O)C1CC1C(=O)Nc1ccc(C(C)(C)C)cc1.